The fourth-order valence-corrected chi connectivity index (χ4v) is 3.55. The first-order chi connectivity index (χ1) is 7.48. The number of thioether (sulfide) groups is 1. The summed E-state index contributed by atoms with van der Waals surface area (Å²) in [6, 6.07) is 9.59. The summed E-state index contributed by atoms with van der Waals surface area (Å²) < 4.78 is 24.9. The zero-order valence-electron chi connectivity index (χ0n) is 9.75. The number of hydrogen-bond donors (Lipinski definition) is 0. The van der Waals surface area contributed by atoms with Gasteiger partial charge in [-0.1, -0.05) is 30.3 Å². The van der Waals surface area contributed by atoms with E-state index in [0.717, 1.165) is 5.56 Å². The molecule has 0 aliphatic carbocycles. The van der Waals surface area contributed by atoms with Crippen LogP contribution in [0.3, 0.4) is 0 Å². The number of nitrogens with zero attached hydrogens (tertiary/aromatic N) is 1. The average molecular weight is 259 g/mol. The van der Waals surface area contributed by atoms with Gasteiger partial charge in [-0.25, -0.2) is 8.42 Å². The van der Waals surface area contributed by atoms with Crippen LogP contribution < -0.4 is 0 Å². The second-order valence-electron chi connectivity index (χ2n) is 3.59. The minimum Gasteiger partial charge on any atom is -0.211 e. The molecule has 5 heteroatoms. The number of hydrogen-bond acceptors (Lipinski definition) is 3. The molecular formula is C11H17NO2S2. The van der Waals surface area contributed by atoms with Crippen molar-refractivity contribution in [3.05, 3.63) is 35.9 Å². The van der Waals surface area contributed by atoms with Gasteiger partial charge in [0.25, 0.3) is 0 Å². The van der Waals surface area contributed by atoms with E-state index < -0.39 is 14.6 Å². The molecule has 90 valence electrons. The Hall–Kier alpha value is -0.520. The van der Waals surface area contributed by atoms with E-state index in [1.54, 1.807) is 20.2 Å². The highest BCUT2D eigenvalue weighted by atomic mass is 32.3. The van der Waals surface area contributed by atoms with E-state index in [0.29, 0.717) is 6.54 Å². The van der Waals surface area contributed by atoms with Crippen molar-refractivity contribution in [3.8, 4) is 0 Å². The van der Waals surface area contributed by atoms with Gasteiger partial charge in [-0.2, -0.15) is 4.31 Å². The van der Waals surface area contributed by atoms with Gasteiger partial charge >= 0.3 is 0 Å². The Labute approximate surface area is 102 Å². The molecule has 0 aliphatic heterocycles. The molecule has 1 unspecified atom stereocenters. The average Bonchev–Trinajstić information content (AvgIpc) is 2.29. The van der Waals surface area contributed by atoms with Crippen molar-refractivity contribution < 1.29 is 8.42 Å². The molecule has 1 rings (SSSR count). The van der Waals surface area contributed by atoms with Gasteiger partial charge in [-0.3, -0.25) is 0 Å². The zero-order valence-corrected chi connectivity index (χ0v) is 11.4. The van der Waals surface area contributed by atoms with E-state index in [4.69, 9.17) is 0 Å². The second kappa shape index (κ2) is 5.70. The van der Waals surface area contributed by atoms with Crippen LogP contribution in [0.25, 0.3) is 0 Å². The van der Waals surface area contributed by atoms with Crippen LogP contribution in [-0.4, -0.2) is 30.6 Å². The summed E-state index contributed by atoms with van der Waals surface area (Å²) in [5.74, 6) is 0. The van der Waals surface area contributed by atoms with Gasteiger partial charge in [-0.15, -0.1) is 11.8 Å². The Morgan fingerprint density at radius 3 is 2.38 bits per heavy atom. The SMILES string of the molecule is CSC(C)S(=O)(=O)N(C)Cc1ccccc1. The lowest BCUT2D eigenvalue weighted by Gasteiger charge is -2.20. The molecular weight excluding hydrogens is 242 g/mol. The first kappa shape index (κ1) is 13.5. The quantitative estimate of drug-likeness (QED) is 0.813. The summed E-state index contributed by atoms with van der Waals surface area (Å²) in [7, 11) is -1.57. The van der Waals surface area contributed by atoms with Crippen LogP contribution in [0.2, 0.25) is 0 Å². The molecule has 0 aliphatic rings. The summed E-state index contributed by atoms with van der Waals surface area (Å²) >= 11 is 1.34. The fraction of sp³-hybridized carbons (Fsp3) is 0.455. The highest BCUT2D eigenvalue weighted by Crippen LogP contribution is 2.18. The number of benzene rings is 1. The Morgan fingerprint density at radius 1 is 1.31 bits per heavy atom. The summed E-state index contributed by atoms with van der Waals surface area (Å²) in [5, 5.41) is 0. The van der Waals surface area contributed by atoms with Crippen molar-refractivity contribution >= 4 is 21.8 Å². The van der Waals surface area contributed by atoms with Gasteiger partial charge in [0.05, 0.1) is 0 Å². The van der Waals surface area contributed by atoms with Gasteiger partial charge in [-0.05, 0) is 18.7 Å². The lowest BCUT2D eigenvalue weighted by Crippen LogP contribution is -2.32. The molecule has 0 radical (unpaired) electrons. The Bertz CT molecular complexity index is 417. The first-order valence-electron chi connectivity index (χ1n) is 5.00. The predicted octanol–water partition coefficient (Wildman–Crippen LogP) is 2.16. The minimum atomic E-state index is -3.19. The molecule has 3 nitrogen and oxygen atoms in total. The van der Waals surface area contributed by atoms with Gasteiger partial charge < -0.3 is 0 Å². The van der Waals surface area contributed by atoms with Gasteiger partial charge in [0.15, 0.2) is 0 Å². The van der Waals surface area contributed by atoms with Crippen molar-refractivity contribution in [2.75, 3.05) is 13.3 Å². The van der Waals surface area contributed by atoms with Crippen LogP contribution in [0, 0.1) is 0 Å². The molecule has 0 heterocycles. The third-order valence-corrected chi connectivity index (χ3v) is 6.24. The molecule has 0 N–H and O–H groups in total. The summed E-state index contributed by atoms with van der Waals surface area (Å²) in [4.78, 5) is 0. The summed E-state index contributed by atoms with van der Waals surface area (Å²) in [6.45, 7) is 2.13. The smallest absolute Gasteiger partial charge is 0.211 e. The molecule has 16 heavy (non-hydrogen) atoms. The third-order valence-electron chi connectivity index (χ3n) is 2.43. The van der Waals surface area contributed by atoms with E-state index in [9.17, 15) is 8.42 Å². The summed E-state index contributed by atoms with van der Waals surface area (Å²) in [6.07, 6.45) is 1.80. The lowest BCUT2D eigenvalue weighted by molar-refractivity contribution is 0.466. The molecule has 0 saturated carbocycles. The standard InChI is InChI=1S/C11H17NO2S2/c1-10(15-3)16(13,14)12(2)9-11-7-5-4-6-8-11/h4-8,10H,9H2,1-3H3. The molecule has 0 fully saturated rings. The van der Waals surface area contributed by atoms with Crippen molar-refractivity contribution in [1.82, 2.24) is 4.31 Å². The first-order valence-corrected chi connectivity index (χ1v) is 7.79. The van der Waals surface area contributed by atoms with Crippen molar-refractivity contribution in [2.45, 2.75) is 18.1 Å². The number of sulfonamides is 1. The monoisotopic (exact) mass is 259 g/mol. The normalized spacial score (nSPS) is 14.0. The molecule has 1 aromatic carbocycles. The van der Waals surface area contributed by atoms with E-state index in [1.807, 2.05) is 30.3 Å². The number of rotatable bonds is 5. The lowest BCUT2D eigenvalue weighted by atomic mass is 10.2. The van der Waals surface area contributed by atoms with Crippen LogP contribution in [0.15, 0.2) is 30.3 Å². The van der Waals surface area contributed by atoms with Crippen LogP contribution in [-0.2, 0) is 16.6 Å². The predicted molar refractivity (Wildman–Crippen MR) is 69.8 cm³/mol. The maximum absolute atomic E-state index is 12.0. The highest BCUT2D eigenvalue weighted by Gasteiger charge is 2.24. The van der Waals surface area contributed by atoms with E-state index in [-0.39, 0.29) is 0 Å². The zero-order chi connectivity index (χ0) is 12.2. The topological polar surface area (TPSA) is 37.4 Å². The van der Waals surface area contributed by atoms with E-state index >= 15 is 0 Å². The minimum absolute atomic E-state index is 0.402. The largest absolute Gasteiger partial charge is 0.226 e. The third kappa shape index (κ3) is 3.23. The maximum Gasteiger partial charge on any atom is 0.226 e. The van der Waals surface area contributed by atoms with Gasteiger partial charge in [0, 0.05) is 13.6 Å². The van der Waals surface area contributed by atoms with Crippen LogP contribution >= 0.6 is 11.8 Å². The Kier molecular flexibility index (Phi) is 4.83. The Morgan fingerprint density at radius 2 is 1.88 bits per heavy atom. The maximum atomic E-state index is 12.0. The fourth-order valence-electron chi connectivity index (χ4n) is 1.31. The van der Waals surface area contributed by atoms with E-state index in [2.05, 4.69) is 0 Å². The molecule has 0 aromatic heterocycles. The van der Waals surface area contributed by atoms with Gasteiger partial charge in [0.1, 0.15) is 4.58 Å². The van der Waals surface area contributed by atoms with Crippen LogP contribution in [0.1, 0.15) is 12.5 Å². The highest BCUT2D eigenvalue weighted by molar-refractivity contribution is 8.12. The van der Waals surface area contributed by atoms with E-state index in [1.165, 1.54) is 16.1 Å². The second-order valence-corrected chi connectivity index (χ2v) is 7.43. The van der Waals surface area contributed by atoms with Crippen molar-refractivity contribution in [2.24, 2.45) is 0 Å². The molecule has 0 bridgehead atoms. The molecule has 0 saturated heterocycles. The van der Waals surface area contributed by atoms with Crippen molar-refractivity contribution in [1.29, 1.82) is 0 Å². The molecule has 0 amide bonds. The van der Waals surface area contributed by atoms with Crippen LogP contribution in [0.4, 0.5) is 0 Å². The Balaban J connectivity index is 2.77. The van der Waals surface area contributed by atoms with Crippen LogP contribution in [0.5, 0.6) is 0 Å². The summed E-state index contributed by atoms with van der Waals surface area (Å²) in [5.41, 5.74) is 1.00. The molecule has 1 aromatic rings. The van der Waals surface area contributed by atoms with Gasteiger partial charge in [0.2, 0.25) is 10.0 Å². The molecule has 1 atom stereocenters. The molecule has 0 spiro atoms. The van der Waals surface area contributed by atoms with Crippen molar-refractivity contribution in [3.63, 3.8) is 0 Å².